The largest absolute Gasteiger partial charge is 0.356 e. The van der Waals surface area contributed by atoms with Crippen molar-refractivity contribution in [3.05, 3.63) is 24.3 Å². The number of carbonyl (C=O) groups excluding carboxylic acids is 1. The van der Waals surface area contributed by atoms with Crippen molar-refractivity contribution >= 4 is 34.2 Å². The highest BCUT2D eigenvalue weighted by molar-refractivity contribution is 7.89. The van der Waals surface area contributed by atoms with E-state index < -0.39 is 16.1 Å². The number of rotatable bonds is 2. The molecule has 0 aliphatic heterocycles. The predicted molar refractivity (Wildman–Crippen MR) is 56.6 cm³/mol. The van der Waals surface area contributed by atoms with Crippen LogP contribution in [0.3, 0.4) is 0 Å². The van der Waals surface area contributed by atoms with E-state index in [1.807, 2.05) is 0 Å². The van der Waals surface area contributed by atoms with Gasteiger partial charge in [-0.15, -0.1) is 4.36 Å². The first-order valence-electron chi connectivity index (χ1n) is 3.71. The summed E-state index contributed by atoms with van der Waals surface area (Å²) in [6, 6.07) is 4.88. The van der Waals surface area contributed by atoms with Crippen LogP contribution in [0.5, 0.6) is 0 Å². The molecule has 0 fully saturated rings. The minimum atomic E-state index is -3.88. The zero-order chi connectivity index (χ0) is 11.5. The molecule has 0 saturated heterocycles. The van der Waals surface area contributed by atoms with Crippen LogP contribution in [0.25, 0.3) is 0 Å². The number of primary sulfonamides is 1. The Morgan fingerprint density at radius 1 is 1.40 bits per heavy atom. The number of sulfonamides is 1. The van der Waals surface area contributed by atoms with Gasteiger partial charge in [-0.1, -0.05) is 12.1 Å². The maximum absolute atomic E-state index is 11.1. The van der Waals surface area contributed by atoms with Crippen molar-refractivity contribution in [1.82, 2.24) is 0 Å². The molecule has 0 atom stereocenters. The van der Waals surface area contributed by atoms with E-state index in [4.69, 9.17) is 5.14 Å². The van der Waals surface area contributed by atoms with Crippen molar-refractivity contribution in [2.75, 3.05) is 5.32 Å². The van der Waals surface area contributed by atoms with E-state index in [0.29, 0.717) is 0 Å². The maximum atomic E-state index is 11.1. The second kappa shape index (κ2) is 4.43. The first-order valence-corrected chi connectivity index (χ1v) is 5.62. The fourth-order valence-corrected chi connectivity index (χ4v) is 1.70. The molecule has 0 heterocycles. The third-order valence-electron chi connectivity index (χ3n) is 1.52. The number of benzene rings is 1. The quantitative estimate of drug-likeness (QED) is 0.796. The average molecular weight is 245 g/mol. The highest BCUT2D eigenvalue weighted by atomic mass is 32.2. The van der Waals surface area contributed by atoms with Gasteiger partial charge in [-0.05, 0) is 12.1 Å². The Labute approximate surface area is 91.7 Å². The summed E-state index contributed by atoms with van der Waals surface area (Å²) in [5, 5.41) is 7.14. The van der Waals surface area contributed by atoms with Crippen molar-refractivity contribution in [1.29, 1.82) is 0 Å². The molecule has 6 nitrogen and oxygen atoms in total. The zero-order valence-corrected chi connectivity index (χ0v) is 9.01. The second-order valence-corrected chi connectivity index (χ2v) is 4.28. The molecule has 0 radical (unpaired) electrons. The zero-order valence-electron chi connectivity index (χ0n) is 7.38. The third-order valence-corrected chi connectivity index (χ3v) is 2.65. The molecular formula is C7H7N3O3S2. The number of para-hydroxylation sites is 1. The highest BCUT2D eigenvalue weighted by Gasteiger charge is 2.14. The summed E-state index contributed by atoms with van der Waals surface area (Å²) in [6.07, 6.45) is 0. The van der Waals surface area contributed by atoms with Crippen LogP contribution in [0.2, 0.25) is 0 Å². The summed E-state index contributed by atoms with van der Waals surface area (Å²) in [5.41, 5.74) is 0.0543. The minimum Gasteiger partial charge on any atom is -0.304 e. The molecule has 3 N–H and O–H groups in total. The molecule has 0 unspecified atom stereocenters. The lowest BCUT2D eigenvalue weighted by atomic mass is 10.3. The fraction of sp³-hybridized carbons (Fsp3) is 0. The van der Waals surface area contributed by atoms with Gasteiger partial charge < -0.3 is 5.32 Å². The predicted octanol–water partition coefficient (Wildman–Crippen LogP) is 0.596. The molecule has 0 saturated carbocycles. The average Bonchev–Trinajstić information content (AvgIpc) is 2.17. The van der Waals surface area contributed by atoms with Gasteiger partial charge in [0.2, 0.25) is 10.0 Å². The van der Waals surface area contributed by atoms with Crippen LogP contribution in [-0.4, -0.2) is 14.4 Å². The number of nitrogens with one attached hydrogen (secondary N) is 1. The molecule has 1 aromatic rings. The van der Waals surface area contributed by atoms with Crippen molar-refractivity contribution < 1.29 is 13.2 Å². The molecule has 2 amide bonds. The van der Waals surface area contributed by atoms with Gasteiger partial charge in [0.25, 0.3) is 0 Å². The standard InChI is InChI=1S/C7H7N3O3S2/c8-15(12,13)6-4-2-1-3-5(6)9-7(11)10-14/h1-4H,(H,9,11)(H2,8,12,13). The Balaban J connectivity index is 3.19. The molecule has 0 bridgehead atoms. The number of urea groups is 1. The summed E-state index contributed by atoms with van der Waals surface area (Å²) in [5.74, 6) is 0. The lowest BCUT2D eigenvalue weighted by Crippen LogP contribution is -2.16. The first-order chi connectivity index (χ1) is 6.95. The first kappa shape index (κ1) is 11.7. The van der Waals surface area contributed by atoms with Crippen LogP contribution in [0.1, 0.15) is 0 Å². The normalized spacial score (nSPS) is 10.7. The van der Waals surface area contributed by atoms with Crippen LogP contribution in [0, 0.1) is 0 Å². The van der Waals surface area contributed by atoms with Gasteiger partial charge in [0.05, 0.1) is 5.69 Å². The monoisotopic (exact) mass is 245 g/mol. The van der Waals surface area contributed by atoms with Gasteiger partial charge in [-0.2, -0.15) is 0 Å². The Morgan fingerprint density at radius 2 is 2.00 bits per heavy atom. The van der Waals surface area contributed by atoms with Crippen LogP contribution < -0.4 is 10.5 Å². The Kier molecular flexibility index (Phi) is 3.45. The van der Waals surface area contributed by atoms with E-state index in [2.05, 4.69) is 22.1 Å². The van der Waals surface area contributed by atoms with Crippen LogP contribution >= 0.6 is 0 Å². The highest BCUT2D eigenvalue weighted by Crippen LogP contribution is 2.19. The van der Waals surface area contributed by atoms with Crippen LogP contribution in [0.15, 0.2) is 33.5 Å². The number of nitrogens with zero attached hydrogens (tertiary/aromatic N) is 1. The summed E-state index contributed by atoms with van der Waals surface area (Å²) in [6.45, 7) is 0. The molecule has 1 rings (SSSR count). The second-order valence-electron chi connectivity index (χ2n) is 2.56. The number of anilines is 1. The van der Waals surface area contributed by atoms with E-state index in [1.54, 1.807) is 6.07 Å². The van der Waals surface area contributed by atoms with Crippen LogP contribution in [-0.2, 0) is 22.4 Å². The number of carbonyl (C=O) groups is 1. The van der Waals surface area contributed by atoms with E-state index in [-0.39, 0.29) is 10.6 Å². The number of amides is 2. The van der Waals surface area contributed by atoms with Crippen molar-refractivity contribution in [2.24, 2.45) is 9.50 Å². The lowest BCUT2D eigenvalue weighted by Gasteiger charge is -2.06. The number of nitrogens with two attached hydrogens (primary N) is 1. The smallest absolute Gasteiger partial charge is 0.304 e. The lowest BCUT2D eigenvalue weighted by molar-refractivity contribution is 0.260. The third kappa shape index (κ3) is 3.05. The van der Waals surface area contributed by atoms with Gasteiger partial charge in [-0.3, -0.25) is 0 Å². The SMILES string of the molecule is NS(=O)(=O)c1ccccc1NC(=O)N=S. The van der Waals surface area contributed by atoms with Gasteiger partial charge in [0.15, 0.2) is 0 Å². The molecule has 15 heavy (non-hydrogen) atoms. The molecule has 8 heteroatoms. The van der Waals surface area contributed by atoms with Crippen LogP contribution in [0.4, 0.5) is 10.5 Å². The molecule has 0 spiro atoms. The molecular weight excluding hydrogens is 238 g/mol. The minimum absolute atomic E-state index is 0.0543. The summed E-state index contributed by atoms with van der Waals surface area (Å²) >= 11 is 4.14. The van der Waals surface area contributed by atoms with Crippen molar-refractivity contribution in [2.45, 2.75) is 4.90 Å². The Bertz CT molecular complexity index is 498. The molecule has 0 aliphatic carbocycles. The van der Waals surface area contributed by atoms with Gasteiger partial charge in [-0.25, -0.2) is 18.4 Å². The van der Waals surface area contributed by atoms with E-state index >= 15 is 0 Å². The fourth-order valence-electron chi connectivity index (χ4n) is 0.956. The van der Waals surface area contributed by atoms with E-state index in [9.17, 15) is 13.2 Å². The summed E-state index contributed by atoms with van der Waals surface area (Å²) in [7, 11) is -3.88. The Morgan fingerprint density at radius 3 is 2.53 bits per heavy atom. The van der Waals surface area contributed by atoms with E-state index in [1.165, 1.54) is 18.2 Å². The number of hydrogen-bond donors (Lipinski definition) is 2. The van der Waals surface area contributed by atoms with Crippen molar-refractivity contribution in [3.8, 4) is 0 Å². The maximum Gasteiger partial charge on any atom is 0.356 e. The molecule has 0 aliphatic rings. The van der Waals surface area contributed by atoms with Crippen molar-refractivity contribution in [3.63, 3.8) is 0 Å². The summed E-state index contributed by atoms with van der Waals surface area (Å²) in [4.78, 5) is 10.7. The van der Waals surface area contributed by atoms with E-state index in [0.717, 1.165) is 0 Å². The summed E-state index contributed by atoms with van der Waals surface area (Å²) < 4.78 is 25.1. The Hall–Kier alpha value is -1.38. The number of hydrogen-bond acceptors (Lipinski definition) is 4. The molecule has 0 aromatic heterocycles. The van der Waals surface area contributed by atoms with Gasteiger partial charge >= 0.3 is 6.03 Å². The molecule has 1 aromatic carbocycles. The topological polar surface area (TPSA) is 102 Å². The van der Waals surface area contributed by atoms with Gasteiger partial charge in [0.1, 0.15) is 4.90 Å². The molecule has 80 valence electrons. The van der Waals surface area contributed by atoms with Gasteiger partial charge in [0, 0.05) is 12.4 Å².